The number of sulfonamides is 1. The van der Waals surface area contributed by atoms with Crippen LogP contribution in [-0.4, -0.2) is 63.0 Å². The summed E-state index contributed by atoms with van der Waals surface area (Å²) in [5, 5.41) is 6.32. The number of ether oxygens (including phenoxy) is 1. The number of likely N-dealkylation sites (N-methyl/N-ethyl adjacent to an activating group) is 1. The number of rotatable bonds is 14. The van der Waals surface area contributed by atoms with Crippen LogP contribution < -0.4 is 20.1 Å². The van der Waals surface area contributed by atoms with Gasteiger partial charge in [-0.15, -0.1) is 0 Å². The van der Waals surface area contributed by atoms with Gasteiger partial charge >= 0.3 is 0 Å². The maximum Gasteiger partial charge on any atom is 0.263 e. The summed E-state index contributed by atoms with van der Waals surface area (Å²) in [5.41, 5.74) is 1.75. The number of hydrogen-bond donors (Lipinski definition) is 3. The number of nitrogens with zero attached hydrogens (tertiary/aromatic N) is 3. The fourth-order valence-electron chi connectivity index (χ4n) is 4.00. The Kier molecular flexibility index (Phi) is 10.6. The Bertz CT molecular complexity index is 1650. The lowest BCUT2D eigenvalue weighted by atomic mass is 10.2. The van der Waals surface area contributed by atoms with Gasteiger partial charge in [0.1, 0.15) is 5.75 Å². The number of para-hydroxylation sites is 2. The normalized spacial score (nSPS) is 11.5. The molecule has 4 rings (SSSR count). The number of amides is 1. The highest BCUT2D eigenvalue weighted by Crippen LogP contribution is 2.33. The molecule has 0 aliphatic carbocycles. The van der Waals surface area contributed by atoms with Crippen LogP contribution in [0.4, 0.5) is 17.3 Å². The van der Waals surface area contributed by atoms with Crippen molar-refractivity contribution in [2.45, 2.75) is 31.1 Å². The molecule has 222 valence electrons. The second kappa shape index (κ2) is 14.3. The number of nitrogens with one attached hydrogen (secondary N) is 3. The lowest BCUT2D eigenvalue weighted by Gasteiger charge is -2.16. The Labute approximate surface area is 251 Å². The van der Waals surface area contributed by atoms with Crippen LogP contribution in [-0.2, 0) is 10.0 Å². The first-order valence-electron chi connectivity index (χ1n) is 13.7. The van der Waals surface area contributed by atoms with Gasteiger partial charge in [-0.1, -0.05) is 49.6 Å². The monoisotopic (exact) mass is 610 g/mol. The van der Waals surface area contributed by atoms with Crippen molar-refractivity contribution in [2.24, 2.45) is 0 Å². The molecule has 0 unspecified atom stereocenters. The number of fused-ring (bicyclic) bond motifs is 1. The average molecular weight is 611 g/mol. The van der Waals surface area contributed by atoms with Gasteiger partial charge in [0.05, 0.1) is 33.2 Å². The van der Waals surface area contributed by atoms with Crippen molar-refractivity contribution >= 4 is 55.9 Å². The lowest BCUT2D eigenvalue weighted by molar-refractivity contribution is 0.0951. The molecule has 0 spiro atoms. The summed E-state index contributed by atoms with van der Waals surface area (Å²) in [4.78, 5) is 23.6. The summed E-state index contributed by atoms with van der Waals surface area (Å²) >= 11 is 6.48. The molecule has 0 bridgehead atoms. The number of hydrogen-bond acceptors (Lipinski definition) is 8. The van der Waals surface area contributed by atoms with Crippen molar-refractivity contribution < 1.29 is 17.9 Å². The topological polar surface area (TPSA) is 126 Å². The molecule has 12 heteroatoms. The zero-order chi connectivity index (χ0) is 30.1. The van der Waals surface area contributed by atoms with Crippen molar-refractivity contribution in [3.05, 3.63) is 77.3 Å². The highest BCUT2D eigenvalue weighted by molar-refractivity contribution is 7.92. The molecular formula is C30H35ClN6O4S. The summed E-state index contributed by atoms with van der Waals surface area (Å²) in [6, 6.07) is 18.2. The van der Waals surface area contributed by atoms with E-state index in [-0.39, 0.29) is 28.0 Å². The first kappa shape index (κ1) is 31.0. The Balaban J connectivity index is 1.62. The maximum atomic E-state index is 13.5. The molecule has 3 aromatic carbocycles. The summed E-state index contributed by atoms with van der Waals surface area (Å²) in [7, 11) is -0.362. The molecule has 1 amide bonds. The van der Waals surface area contributed by atoms with E-state index in [1.807, 2.05) is 25.1 Å². The third-order valence-electron chi connectivity index (χ3n) is 6.26. The minimum Gasteiger partial charge on any atom is -0.494 e. The number of carbonyl (C=O) groups is 1. The van der Waals surface area contributed by atoms with E-state index in [9.17, 15) is 13.2 Å². The summed E-state index contributed by atoms with van der Waals surface area (Å²) < 4.78 is 35.5. The summed E-state index contributed by atoms with van der Waals surface area (Å²) in [6.07, 6.45) is 3.09. The third-order valence-corrected chi connectivity index (χ3v) is 7.93. The molecular weight excluding hydrogens is 576 g/mol. The van der Waals surface area contributed by atoms with Gasteiger partial charge in [-0.3, -0.25) is 9.52 Å². The van der Waals surface area contributed by atoms with Crippen LogP contribution in [0, 0.1) is 0 Å². The average Bonchev–Trinajstić information content (AvgIpc) is 2.97. The standard InChI is InChI=1S/C30H35ClN6O4S/c1-4-5-8-18-41-22-14-15-24(31)27(20-22)35-28-29(34-26-13-7-6-12-25(26)33-28)36-42(39,40)23-11-9-10-21(19-23)30(38)32-16-17-37(2)3/h6-7,9-15,19-20H,4-5,8,16-18H2,1-3H3,(H,32,38)(H,33,35)(H,34,36). The SMILES string of the molecule is CCCCCOc1ccc(Cl)c(Nc2nc3ccccc3nc2NS(=O)(=O)c2cccc(C(=O)NCCN(C)C)c2)c1. The van der Waals surface area contributed by atoms with Gasteiger partial charge in [0.15, 0.2) is 11.6 Å². The second-order valence-corrected chi connectivity index (χ2v) is 12.0. The molecule has 10 nitrogen and oxygen atoms in total. The predicted molar refractivity (Wildman–Crippen MR) is 167 cm³/mol. The summed E-state index contributed by atoms with van der Waals surface area (Å²) in [6.45, 7) is 3.78. The molecule has 0 aliphatic rings. The molecule has 1 heterocycles. The van der Waals surface area contributed by atoms with E-state index >= 15 is 0 Å². The van der Waals surface area contributed by atoms with E-state index in [4.69, 9.17) is 16.3 Å². The van der Waals surface area contributed by atoms with Crippen molar-refractivity contribution in [3.63, 3.8) is 0 Å². The number of halogens is 1. The molecule has 3 N–H and O–H groups in total. The van der Waals surface area contributed by atoms with Gasteiger partial charge in [-0.05, 0) is 63.0 Å². The molecule has 0 saturated heterocycles. The number of carbonyl (C=O) groups excluding carboxylic acids is 1. The smallest absolute Gasteiger partial charge is 0.263 e. The van der Waals surface area contributed by atoms with Crippen LogP contribution in [0.5, 0.6) is 5.75 Å². The van der Waals surface area contributed by atoms with Gasteiger partial charge < -0.3 is 20.3 Å². The maximum absolute atomic E-state index is 13.5. The van der Waals surface area contributed by atoms with Crippen molar-refractivity contribution in [3.8, 4) is 5.75 Å². The van der Waals surface area contributed by atoms with E-state index in [1.54, 1.807) is 42.5 Å². The quantitative estimate of drug-likeness (QED) is 0.156. The van der Waals surface area contributed by atoms with Crippen molar-refractivity contribution in [1.82, 2.24) is 20.2 Å². The van der Waals surface area contributed by atoms with Gasteiger partial charge in [0, 0.05) is 24.7 Å². The molecule has 1 aromatic heterocycles. The largest absolute Gasteiger partial charge is 0.494 e. The highest BCUT2D eigenvalue weighted by Gasteiger charge is 2.21. The van der Waals surface area contributed by atoms with E-state index in [2.05, 4.69) is 32.2 Å². The molecule has 4 aromatic rings. The molecule has 42 heavy (non-hydrogen) atoms. The third kappa shape index (κ3) is 8.31. The Hall–Kier alpha value is -3.93. The Morgan fingerprint density at radius 1 is 0.952 bits per heavy atom. The summed E-state index contributed by atoms with van der Waals surface area (Å²) in [5.74, 6) is 0.377. The second-order valence-electron chi connectivity index (χ2n) is 9.92. The van der Waals surface area contributed by atoms with Crippen LogP contribution in [0.3, 0.4) is 0 Å². The molecule has 0 aliphatic heterocycles. The minimum atomic E-state index is -4.16. The van der Waals surface area contributed by atoms with Crippen LogP contribution in [0.2, 0.25) is 5.02 Å². The van der Waals surface area contributed by atoms with Crippen LogP contribution in [0.25, 0.3) is 11.0 Å². The van der Waals surface area contributed by atoms with E-state index in [0.29, 0.717) is 47.2 Å². The van der Waals surface area contributed by atoms with E-state index < -0.39 is 10.0 Å². The zero-order valence-corrected chi connectivity index (χ0v) is 25.4. The number of benzene rings is 3. The molecule has 0 radical (unpaired) electrons. The van der Waals surface area contributed by atoms with E-state index in [1.165, 1.54) is 18.2 Å². The number of anilines is 3. The van der Waals surface area contributed by atoms with Crippen LogP contribution in [0.1, 0.15) is 36.5 Å². The number of aromatic nitrogens is 2. The Morgan fingerprint density at radius 2 is 1.69 bits per heavy atom. The first-order chi connectivity index (χ1) is 20.2. The van der Waals surface area contributed by atoms with Crippen molar-refractivity contribution in [2.75, 3.05) is 43.8 Å². The van der Waals surface area contributed by atoms with E-state index in [0.717, 1.165) is 19.3 Å². The van der Waals surface area contributed by atoms with Crippen molar-refractivity contribution in [1.29, 1.82) is 0 Å². The number of unbranched alkanes of at least 4 members (excludes halogenated alkanes) is 2. The fourth-order valence-corrected chi connectivity index (χ4v) is 5.22. The van der Waals surface area contributed by atoms with Crippen LogP contribution in [0.15, 0.2) is 71.6 Å². The van der Waals surface area contributed by atoms with Gasteiger partial charge in [0.25, 0.3) is 15.9 Å². The van der Waals surface area contributed by atoms with Gasteiger partial charge in [-0.2, -0.15) is 0 Å². The fraction of sp³-hybridized carbons (Fsp3) is 0.300. The van der Waals surface area contributed by atoms with Gasteiger partial charge in [0.2, 0.25) is 0 Å². The molecule has 0 atom stereocenters. The molecule has 0 saturated carbocycles. The highest BCUT2D eigenvalue weighted by atomic mass is 35.5. The molecule has 0 fully saturated rings. The predicted octanol–water partition coefficient (Wildman–Crippen LogP) is 5.69. The lowest BCUT2D eigenvalue weighted by Crippen LogP contribution is -2.31. The Morgan fingerprint density at radius 3 is 2.40 bits per heavy atom. The zero-order valence-electron chi connectivity index (χ0n) is 23.9. The van der Waals surface area contributed by atoms with Gasteiger partial charge in [-0.25, -0.2) is 18.4 Å². The minimum absolute atomic E-state index is 0.0279. The van der Waals surface area contributed by atoms with Crippen LogP contribution >= 0.6 is 11.6 Å². The first-order valence-corrected chi connectivity index (χ1v) is 15.5.